The molecule has 3 rings (SSSR count). The van der Waals surface area contributed by atoms with Crippen molar-refractivity contribution in [2.45, 2.75) is 51.2 Å². The van der Waals surface area contributed by atoms with Crippen LogP contribution in [-0.4, -0.2) is 58.0 Å². The van der Waals surface area contributed by atoms with E-state index < -0.39 is 28.5 Å². The number of hydrogen-bond acceptors (Lipinski definition) is 6. The Bertz CT molecular complexity index is 1460. The number of sulfonamides is 1. The summed E-state index contributed by atoms with van der Waals surface area (Å²) in [5, 5.41) is 3.36. The number of anilines is 1. The maximum atomic E-state index is 14.0. The van der Waals surface area contributed by atoms with Gasteiger partial charge in [0.1, 0.15) is 12.6 Å². The van der Waals surface area contributed by atoms with E-state index >= 15 is 0 Å². The van der Waals surface area contributed by atoms with Gasteiger partial charge in [-0.25, -0.2) is 8.42 Å². The predicted molar refractivity (Wildman–Crippen MR) is 160 cm³/mol. The molecule has 1 atom stereocenters. The lowest BCUT2D eigenvalue weighted by molar-refractivity contribution is -0.139. The van der Waals surface area contributed by atoms with E-state index in [0.29, 0.717) is 16.5 Å². The number of ether oxygens (including phenoxy) is 2. The van der Waals surface area contributed by atoms with E-state index in [-0.39, 0.29) is 29.1 Å². The van der Waals surface area contributed by atoms with Crippen LogP contribution in [0.25, 0.3) is 0 Å². The van der Waals surface area contributed by atoms with Gasteiger partial charge in [0.25, 0.3) is 10.0 Å². The van der Waals surface area contributed by atoms with Gasteiger partial charge in [-0.15, -0.1) is 0 Å². The zero-order valence-electron chi connectivity index (χ0n) is 24.0. The second-order valence-electron chi connectivity index (χ2n) is 9.85. The normalized spacial score (nSPS) is 12.0. The monoisotopic (exact) mass is 601 g/mol. The molecule has 0 saturated carbocycles. The Kier molecular flexibility index (Phi) is 10.6. The van der Waals surface area contributed by atoms with E-state index in [4.69, 9.17) is 21.1 Å². The van der Waals surface area contributed by atoms with Crippen LogP contribution < -0.4 is 19.1 Å². The summed E-state index contributed by atoms with van der Waals surface area (Å²) in [5.74, 6) is -0.235. The number of carbonyl (C=O) groups is 2. The predicted octanol–water partition coefficient (Wildman–Crippen LogP) is 4.80. The van der Waals surface area contributed by atoms with Gasteiger partial charge in [0.2, 0.25) is 11.8 Å². The second-order valence-corrected chi connectivity index (χ2v) is 12.2. The molecule has 41 heavy (non-hydrogen) atoms. The van der Waals surface area contributed by atoms with Crippen LogP contribution in [0.4, 0.5) is 5.69 Å². The number of nitrogens with one attached hydrogen (secondary N) is 1. The Labute approximate surface area is 247 Å². The van der Waals surface area contributed by atoms with Crippen LogP contribution in [0.15, 0.2) is 71.6 Å². The highest BCUT2D eigenvalue weighted by Gasteiger charge is 2.33. The Balaban J connectivity index is 2.08. The molecule has 0 aliphatic rings. The standard InChI is InChI=1S/C30H36ClN3O6S/c1-20(2)32-30(36)22(4)33(18-23-9-11-24(31)12-10-23)29(35)19-34(25-13-16-27(39-5)28(17-25)40-6)41(37,38)26-14-7-21(3)8-15-26/h7-17,20,22H,18-19H2,1-6H3,(H,32,36)/t22-/m0/s1. The summed E-state index contributed by atoms with van der Waals surface area (Å²) in [6, 6.07) is 16.8. The highest BCUT2D eigenvalue weighted by Crippen LogP contribution is 2.34. The molecule has 3 aromatic carbocycles. The van der Waals surface area contributed by atoms with Gasteiger partial charge in [0.05, 0.1) is 24.8 Å². The average molecular weight is 602 g/mol. The first-order chi connectivity index (χ1) is 19.4. The first kappa shape index (κ1) is 31.8. The van der Waals surface area contributed by atoms with E-state index in [2.05, 4.69) is 5.32 Å². The summed E-state index contributed by atoms with van der Waals surface area (Å²) in [4.78, 5) is 28.4. The molecule has 0 aliphatic carbocycles. The third-order valence-electron chi connectivity index (χ3n) is 6.41. The number of amides is 2. The van der Waals surface area contributed by atoms with Gasteiger partial charge in [0, 0.05) is 23.7 Å². The molecular weight excluding hydrogens is 566 g/mol. The minimum Gasteiger partial charge on any atom is -0.493 e. The lowest BCUT2D eigenvalue weighted by Crippen LogP contribution is -2.52. The number of rotatable bonds is 12. The fourth-order valence-corrected chi connectivity index (χ4v) is 5.65. The Morgan fingerprint density at radius 1 is 0.902 bits per heavy atom. The maximum Gasteiger partial charge on any atom is 0.264 e. The van der Waals surface area contributed by atoms with E-state index in [0.717, 1.165) is 15.4 Å². The molecule has 9 nitrogen and oxygen atoms in total. The van der Waals surface area contributed by atoms with Crippen LogP contribution >= 0.6 is 11.6 Å². The molecule has 1 N–H and O–H groups in total. The molecule has 0 fully saturated rings. The van der Waals surface area contributed by atoms with Crippen LogP contribution in [0.2, 0.25) is 5.02 Å². The zero-order chi connectivity index (χ0) is 30.3. The highest BCUT2D eigenvalue weighted by atomic mass is 35.5. The minimum atomic E-state index is -4.22. The van der Waals surface area contributed by atoms with Crippen molar-refractivity contribution in [2.24, 2.45) is 0 Å². The van der Waals surface area contributed by atoms with E-state index in [1.807, 2.05) is 20.8 Å². The molecule has 0 radical (unpaired) electrons. The molecule has 11 heteroatoms. The first-order valence-electron chi connectivity index (χ1n) is 13.0. The maximum absolute atomic E-state index is 14.0. The third kappa shape index (κ3) is 7.92. The highest BCUT2D eigenvalue weighted by molar-refractivity contribution is 7.92. The minimum absolute atomic E-state index is 0.0144. The smallest absolute Gasteiger partial charge is 0.264 e. The van der Waals surface area contributed by atoms with Gasteiger partial charge in [0.15, 0.2) is 11.5 Å². The van der Waals surface area contributed by atoms with Crippen molar-refractivity contribution >= 4 is 39.1 Å². The van der Waals surface area contributed by atoms with Crippen molar-refractivity contribution in [3.8, 4) is 11.5 Å². The summed E-state index contributed by atoms with van der Waals surface area (Å²) in [7, 11) is -1.30. The van der Waals surface area contributed by atoms with Gasteiger partial charge in [-0.3, -0.25) is 13.9 Å². The lowest BCUT2D eigenvalue weighted by Gasteiger charge is -2.32. The molecule has 0 aliphatic heterocycles. The fourth-order valence-electron chi connectivity index (χ4n) is 4.12. The average Bonchev–Trinajstić information content (AvgIpc) is 2.94. The van der Waals surface area contributed by atoms with Gasteiger partial charge in [-0.1, -0.05) is 41.4 Å². The second kappa shape index (κ2) is 13.7. The van der Waals surface area contributed by atoms with E-state index in [9.17, 15) is 18.0 Å². The summed E-state index contributed by atoms with van der Waals surface area (Å²) in [5.41, 5.74) is 1.81. The van der Waals surface area contributed by atoms with Gasteiger partial charge in [-0.05, 0) is 69.7 Å². The number of nitrogens with zero attached hydrogens (tertiary/aromatic N) is 2. The van der Waals surface area contributed by atoms with Crippen LogP contribution in [0.3, 0.4) is 0 Å². The van der Waals surface area contributed by atoms with Crippen LogP contribution in [0.5, 0.6) is 11.5 Å². The number of benzene rings is 3. The largest absolute Gasteiger partial charge is 0.493 e. The van der Waals surface area contributed by atoms with E-state index in [1.54, 1.807) is 55.5 Å². The van der Waals surface area contributed by atoms with Gasteiger partial charge in [-0.2, -0.15) is 0 Å². The summed E-state index contributed by atoms with van der Waals surface area (Å²) >= 11 is 6.04. The molecule has 0 saturated heterocycles. The first-order valence-corrected chi connectivity index (χ1v) is 14.8. The molecule has 0 aromatic heterocycles. The molecule has 0 bridgehead atoms. The Morgan fingerprint density at radius 2 is 1.51 bits per heavy atom. The number of halogens is 1. The summed E-state index contributed by atoms with van der Waals surface area (Å²) in [6.45, 7) is 6.60. The third-order valence-corrected chi connectivity index (χ3v) is 8.45. The number of hydrogen-bond donors (Lipinski definition) is 1. The topological polar surface area (TPSA) is 105 Å². The number of aryl methyl sites for hydroxylation is 1. The molecule has 0 heterocycles. The Morgan fingerprint density at radius 3 is 2.07 bits per heavy atom. The van der Waals surface area contributed by atoms with Crippen LogP contribution in [0.1, 0.15) is 31.9 Å². The van der Waals surface area contributed by atoms with Crippen LogP contribution in [-0.2, 0) is 26.2 Å². The van der Waals surface area contributed by atoms with Crippen molar-refractivity contribution < 1.29 is 27.5 Å². The zero-order valence-corrected chi connectivity index (χ0v) is 25.6. The summed E-state index contributed by atoms with van der Waals surface area (Å²) < 4.78 is 39.7. The van der Waals surface area contributed by atoms with Crippen molar-refractivity contribution in [1.82, 2.24) is 10.2 Å². The van der Waals surface area contributed by atoms with E-state index in [1.165, 1.54) is 37.3 Å². The molecule has 0 spiro atoms. The van der Waals surface area contributed by atoms with Crippen molar-refractivity contribution in [2.75, 3.05) is 25.1 Å². The number of methoxy groups -OCH3 is 2. The lowest BCUT2D eigenvalue weighted by atomic mass is 10.1. The molecule has 3 aromatic rings. The molecule has 220 valence electrons. The summed E-state index contributed by atoms with van der Waals surface area (Å²) in [6.07, 6.45) is 0. The van der Waals surface area contributed by atoms with Crippen molar-refractivity contribution in [3.05, 3.63) is 82.9 Å². The number of carbonyl (C=O) groups excluding carboxylic acids is 2. The van der Waals surface area contributed by atoms with Crippen LogP contribution in [0, 0.1) is 6.92 Å². The SMILES string of the molecule is COc1ccc(N(CC(=O)N(Cc2ccc(Cl)cc2)[C@@H](C)C(=O)NC(C)C)S(=O)(=O)c2ccc(C)cc2)cc1OC. The van der Waals surface area contributed by atoms with Crippen molar-refractivity contribution in [3.63, 3.8) is 0 Å². The molecular formula is C30H36ClN3O6S. The molecule has 2 amide bonds. The Hall–Kier alpha value is -3.76. The van der Waals surface area contributed by atoms with Gasteiger partial charge >= 0.3 is 0 Å². The molecule has 0 unspecified atom stereocenters. The fraction of sp³-hybridized carbons (Fsp3) is 0.333. The van der Waals surface area contributed by atoms with Gasteiger partial charge < -0.3 is 19.7 Å². The van der Waals surface area contributed by atoms with Crippen molar-refractivity contribution in [1.29, 1.82) is 0 Å². The quantitative estimate of drug-likeness (QED) is 0.320.